The number of fused-ring (bicyclic) bond motifs is 1. The second-order valence-electron chi connectivity index (χ2n) is 8.17. The van der Waals surface area contributed by atoms with Crippen molar-refractivity contribution in [2.45, 2.75) is 71.4 Å². The molecule has 1 aliphatic rings. The first-order valence-electron chi connectivity index (χ1n) is 11.4. The minimum absolute atomic E-state index is 0.586. The molecular formula is C26H38N2. The summed E-state index contributed by atoms with van der Waals surface area (Å²) in [6.45, 7) is 10.4. The van der Waals surface area contributed by atoms with Gasteiger partial charge in [0.15, 0.2) is 0 Å². The highest BCUT2D eigenvalue weighted by molar-refractivity contribution is 5.49. The lowest BCUT2D eigenvalue weighted by Crippen LogP contribution is -2.42. The molecule has 0 fully saturated rings. The molecule has 2 heteroatoms. The van der Waals surface area contributed by atoms with Gasteiger partial charge in [-0.25, -0.2) is 0 Å². The van der Waals surface area contributed by atoms with Crippen molar-refractivity contribution in [2.24, 2.45) is 0 Å². The first kappa shape index (κ1) is 20.9. The maximum absolute atomic E-state index is 2.70. The largest absolute Gasteiger partial charge is 0.368 e. The van der Waals surface area contributed by atoms with E-state index in [1.54, 1.807) is 11.1 Å². The summed E-state index contributed by atoms with van der Waals surface area (Å²) in [4.78, 5) is 5.37. The van der Waals surface area contributed by atoms with Gasteiger partial charge in [0.2, 0.25) is 0 Å². The Morgan fingerprint density at radius 3 is 2.00 bits per heavy atom. The van der Waals surface area contributed by atoms with Crippen LogP contribution in [0.3, 0.4) is 0 Å². The van der Waals surface area contributed by atoms with Crippen LogP contribution in [0.15, 0.2) is 54.6 Å². The van der Waals surface area contributed by atoms with Gasteiger partial charge >= 0.3 is 0 Å². The van der Waals surface area contributed by atoms with Gasteiger partial charge in [-0.3, -0.25) is 0 Å². The number of para-hydroxylation sites is 1. The normalized spacial score (nSPS) is 15.0. The molecule has 0 spiro atoms. The van der Waals surface area contributed by atoms with E-state index < -0.39 is 0 Å². The van der Waals surface area contributed by atoms with Crippen molar-refractivity contribution < 1.29 is 0 Å². The van der Waals surface area contributed by atoms with Crippen LogP contribution < -0.4 is 4.90 Å². The van der Waals surface area contributed by atoms with Gasteiger partial charge in [0.1, 0.15) is 0 Å². The van der Waals surface area contributed by atoms with E-state index in [1.807, 2.05) is 0 Å². The smallest absolute Gasteiger partial charge is 0.0370 e. The standard InChI is InChI=1S/C26H38N2/c1-4-7-15-24(27(5-2)6-3)18-19-28(25-16-9-8-10-17-25)26-20-22-13-11-12-14-23(22)21-26/h8-14,16-17,24,26H,4-7,15,18-21H2,1-3H3/t24-/m0/s1. The van der Waals surface area contributed by atoms with Gasteiger partial charge < -0.3 is 9.80 Å². The minimum Gasteiger partial charge on any atom is -0.368 e. The molecule has 2 aromatic rings. The molecule has 1 aliphatic carbocycles. The second-order valence-corrected chi connectivity index (χ2v) is 8.17. The monoisotopic (exact) mass is 378 g/mol. The molecule has 1 atom stereocenters. The fourth-order valence-corrected chi connectivity index (χ4v) is 4.88. The topological polar surface area (TPSA) is 6.48 Å². The van der Waals surface area contributed by atoms with Crippen molar-refractivity contribution in [2.75, 3.05) is 24.5 Å². The number of rotatable bonds is 11. The van der Waals surface area contributed by atoms with Crippen LogP contribution in [0.5, 0.6) is 0 Å². The van der Waals surface area contributed by atoms with Crippen molar-refractivity contribution >= 4 is 5.69 Å². The Balaban J connectivity index is 1.74. The van der Waals surface area contributed by atoms with E-state index >= 15 is 0 Å². The molecule has 0 heterocycles. The fraction of sp³-hybridized carbons (Fsp3) is 0.538. The Kier molecular flexibility index (Phi) is 7.97. The summed E-state index contributed by atoms with van der Waals surface area (Å²) in [5, 5.41) is 0. The zero-order valence-corrected chi connectivity index (χ0v) is 18.1. The van der Waals surface area contributed by atoms with Gasteiger partial charge in [-0.15, -0.1) is 0 Å². The molecule has 0 bridgehead atoms. The number of hydrogen-bond acceptors (Lipinski definition) is 2. The van der Waals surface area contributed by atoms with Crippen molar-refractivity contribution in [1.29, 1.82) is 0 Å². The van der Waals surface area contributed by atoms with Crippen LogP contribution in [-0.2, 0) is 12.8 Å². The van der Waals surface area contributed by atoms with Crippen molar-refractivity contribution in [1.82, 2.24) is 4.90 Å². The summed E-state index contributed by atoms with van der Waals surface area (Å²) in [7, 11) is 0. The summed E-state index contributed by atoms with van der Waals surface area (Å²) in [6.07, 6.45) is 7.56. The molecule has 0 aliphatic heterocycles. The average Bonchev–Trinajstić information content (AvgIpc) is 3.17. The SMILES string of the molecule is CCCC[C@@H](CCN(c1ccccc1)C1Cc2ccccc2C1)N(CC)CC. The van der Waals surface area contributed by atoms with Gasteiger partial charge in [0.05, 0.1) is 0 Å². The maximum Gasteiger partial charge on any atom is 0.0370 e. The number of anilines is 1. The summed E-state index contributed by atoms with van der Waals surface area (Å²) in [5.74, 6) is 0. The molecule has 2 aromatic carbocycles. The molecule has 0 unspecified atom stereocenters. The Labute approximate surface area is 172 Å². The molecule has 0 aromatic heterocycles. The molecular weight excluding hydrogens is 340 g/mol. The van der Waals surface area contributed by atoms with Crippen LogP contribution in [0, 0.1) is 0 Å². The highest BCUT2D eigenvalue weighted by Gasteiger charge is 2.27. The quantitative estimate of drug-likeness (QED) is 0.476. The first-order chi connectivity index (χ1) is 13.8. The van der Waals surface area contributed by atoms with E-state index in [0.717, 1.165) is 19.6 Å². The van der Waals surface area contributed by atoms with Gasteiger partial charge in [0.25, 0.3) is 0 Å². The molecule has 28 heavy (non-hydrogen) atoms. The molecule has 0 saturated heterocycles. The summed E-state index contributed by atoms with van der Waals surface area (Å²) >= 11 is 0. The molecule has 152 valence electrons. The summed E-state index contributed by atoms with van der Waals surface area (Å²) in [5.41, 5.74) is 4.47. The molecule has 0 saturated carbocycles. The van der Waals surface area contributed by atoms with Crippen molar-refractivity contribution in [3.63, 3.8) is 0 Å². The van der Waals surface area contributed by atoms with E-state index in [1.165, 1.54) is 44.2 Å². The third-order valence-electron chi connectivity index (χ3n) is 6.48. The highest BCUT2D eigenvalue weighted by Crippen LogP contribution is 2.29. The van der Waals surface area contributed by atoms with Gasteiger partial charge in [-0.05, 0) is 62.0 Å². The predicted molar refractivity (Wildman–Crippen MR) is 122 cm³/mol. The van der Waals surface area contributed by atoms with Crippen LogP contribution in [0.4, 0.5) is 5.69 Å². The molecule has 2 nitrogen and oxygen atoms in total. The predicted octanol–water partition coefficient (Wildman–Crippen LogP) is 5.95. The number of benzene rings is 2. The van der Waals surface area contributed by atoms with Crippen LogP contribution in [-0.4, -0.2) is 36.6 Å². The average molecular weight is 379 g/mol. The zero-order valence-electron chi connectivity index (χ0n) is 18.1. The number of hydrogen-bond donors (Lipinski definition) is 0. The summed E-state index contributed by atoms with van der Waals surface area (Å²) < 4.78 is 0. The molecule has 0 amide bonds. The Morgan fingerprint density at radius 2 is 1.43 bits per heavy atom. The third kappa shape index (κ3) is 5.17. The Morgan fingerprint density at radius 1 is 0.821 bits per heavy atom. The number of nitrogens with zero attached hydrogens (tertiary/aromatic N) is 2. The van der Waals surface area contributed by atoms with E-state index in [-0.39, 0.29) is 0 Å². The van der Waals surface area contributed by atoms with Crippen LogP contribution >= 0.6 is 0 Å². The minimum atomic E-state index is 0.586. The Hall–Kier alpha value is -1.80. The van der Waals surface area contributed by atoms with Gasteiger partial charge in [-0.2, -0.15) is 0 Å². The highest BCUT2D eigenvalue weighted by atomic mass is 15.2. The van der Waals surface area contributed by atoms with Gasteiger partial charge in [0, 0.05) is 24.3 Å². The van der Waals surface area contributed by atoms with Crippen LogP contribution in [0.2, 0.25) is 0 Å². The van der Waals surface area contributed by atoms with E-state index in [9.17, 15) is 0 Å². The molecule has 0 radical (unpaired) electrons. The van der Waals surface area contributed by atoms with Crippen LogP contribution in [0.1, 0.15) is 57.6 Å². The zero-order chi connectivity index (χ0) is 19.8. The lowest BCUT2D eigenvalue weighted by molar-refractivity contribution is 0.193. The summed E-state index contributed by atoms with van der Waals surface area (Å²) in [6, 6.07) is 21.4. The van der Waals surface area contributed by atoms with E-state index in [2.05, 4.69) is 85.2 Å². The van der Waals surface area contributed by atoms with Crippen molar-refractivity contribution in [3.8, 4) is 0 Å². The molecule has 0 N–H and O–H groups in total. The Bertz CT molecular complexity index is 668. The maximum atomic E-state index is 2.70. The third-order valence-corrected chi connectivity index (χ3v) is 6.48. The fourth-order valence-electron chi connectivity index (χ4n) is 4.88. The first-order valence-corrected chi connectivity index (χ1v) is 11.4. The van der Waals surface area contributed by atoms with Gasteiger partial charge in [-0.1, -0.05) is 76.1 Å². The lowest BCUT2D eigenvalue weighted by Gasteiger charge is -2.35. The van der Waals surface area contributed by atoms with E-state index in [4.69, 9.17) is 0 Å². The van der Waals surface area contributed by atoms with E-state index in [0.29, 0.717) is 12.1 Å². The van der Waals surface area contributed by atoms with Crippen molar-refractivity contribution in [3.05, 3.63) is 65.7 Å². The number of unbranched alkanes of at least 4 members (excludes halogenated alkanes) is 1. The lowest BCUT2D eigenvalue weighted by atomic mass is 10.0. The second kappa shape index (κ2) is 10.7. The van der Waals surface area contributed by atoms with Crippen LogP contribution in [0.25, 0.3) is 0 Å². The molecule has 3 rings (SSSR count).